The highest BCUT2D eigenvalue weighted by Gasteiger charge is 2.21. The van der Waals surface area contributed by atoms with Crippen molar-refractivity contribution in [2.45, 2.75) is 25.1 Å². The van der Waals surface area contributed by atoms with Crippen LogP contribution in [0.15, 0.2) is 36.4 Å². The highest BCUT2D eigenvalue weighted by molar-refractivity contribution is 6.22. The predicted molar refractivity (Wildman–Crippen MR) is 74.4 cm³/mol. The molecule has 0 aliphatic heterocycles. The van der Waals surface area contributed by atoms with Crippen molar-refractivity contribution in [3.05, 3.63) is 70.5 Å². The van der Waals surface area contributed by atoms with E-state index in [1.807, 2.05) is 12.1 Å². The van der Waals surface area contributed by atoms with Crippen LogP contribution in [-0.4, -0.2) is 0 Å². The van der Waals surface area contributed by atoms with Crippen LogP contribution in [-0.2, 0) is 6.42 Å². The van der Waals surface area contributed by atoms with E-state index in [-0.39, 0.29) is 5.56 Å². The summed E-state index contributed by atoms with van der Waals surface area (Å²) in [5.74, 6) is -2.90. The van der Waals surface area contributed by atoms with Gasteiger partial charge in [0.2, 0.25) is 0 Å². The van der Waals surface area contributed by atoms with Crippen molar-refractivity contribution < 1.29 is 13.2 Å². The van der Waals surface area contributed by atoms with E-state index in [1.54, 1.807) is 12.1 Å². The zero-order chi connectivity index (χ0) is 14.7. The lowest BCUT2D eigenvalue weighted by atomic mass is 10.0. The van der Waals surface area contributed by atoms with Crippen LogP contribution in [0.5, 0.6) is 0 Å². The predicted octanol–water partition coefficient (Wildman–Crippen LogP) is 5.38. The standard InChI is InChI=1S/C16H14ClF3/c1-2-3-10-4-6-11(7-5-10)16(17)15-13(19)8-12(18)9-14(15)20/h4-9,16H,2-3H2,1H3. The molecule has 0 aliphatic carbocycles. The quantitative estimate of drug-likeness (QED) is 0.664. The molecule has 4 heteroatoms. The summed E-state index contributed by atoms with van der Waals surface area (Å²) in [4.78, 5) is 0. The van der Waals surface area contributed by atoms with Crippen molar-refractivity contribution in [3.8, 4) is 0 Å². The first-order valence-corrected chi connectivity index (χ1v) is 6.84. The third-order valence-electron chi connectivity index (χ3n) is 3.11. The lowest BCUT2D eigenvalue weighted by Gasteiger charge is -2.13. The van der Waals surface area contributed by atoms with Gasteiger partial charge in [0.05, 0.1) is 5.38 Å². The number of rotatable bonds is 4. The Balaban J connectivity index is 2.33. The van der Waals surface area contributed by atoms with Gasteiger partial charge in [-0.1, -0.05) is 37.6 Å². The number of aryl methyl sites for hydroxylation is 1. The number of benzene rings is 2. The second-order valence-corrected chi connectivity index (χ2v) is 5.07. The van der Waals surface area contributed by atoms with Crippen molar-refractivity contribution in [1.82, 2.24) is 0 Å². The molecule has 106 valence electrons. The van der Waals surface area contributed by atoms with Gasteiger partial charge in [0.1, 0.15) is 17.5 Å². The molecule has 2 rings (SSSR count). The zero-order valence-electron chi connectivity index (χ0n) is 11.0. The first-order valence-electron chi connectivity index (χ1n) is 6.40. The van der Waals surface area contributed by atoms with Crippen LogP contribution in [0.25, 0.3) is 0 Å². The maximum absolute atomic E-state index is 13.7. The Labute approximate surface area is 121 Å². The van der Waals surface area contributed by atoms with Crippen molar-refractivity contribution in [2.24, 2.45) is 0 Å². The van der Waals surface area contributed by atoms with Crippen molar-refractivity contribution in [2.75, 3.05) is 0 Å². The fourth-order valence-corrected chi connectivity index (χ4v) is 2.46. The van der Waals surface area contributed by atoms with Crippen molar-refractivity contribution in [1.29, 1.82) is 0 Å². The summed E-state index contributed by atoms with van der Waals surface area (Å²) >= 11 is 6.12. The second kappa shape index (κ2) is 6.31. The molecule has 0 nitrogen and oxygen atoms in total. The van der Waals surface area contributed by atoms with Gasteiger partial charge in [0.25, 0.3) is 0 Å². The molecular formula is C16H14ClF3. The molecule has 1 unspecified atom stereocenters. The van der Waals surface area contributed by atoms with Gasteiger partial charge in [0.15, 0.2) is 0 Å². The van der Waals surface area contributed by atoms with Crippen molar-refractivity contribution >= 4 is 11.6 Å². The van der Waals surface area contributed by atoms with Crippen LogP contribution in [0.1, 0.15) is 35.4 Å². The molecule has 2 aromatic carbocycles. The molecule has 0 saturated heterocycles. The SMILES string of the molecule is CCCc1ccc(C(Cl)c2c(F)cc(F)cc2F)cc1. The molecule has 0 aliphatic rings. The number of hydrogen-bond acceptors (Lipinski definition) is 0. The van der Waals surface area contributed by atoms with Gasteiger partial charge < -0.3 is 0 Å². The summed E-state index contributed by atoms with van der Waals surface area (Å²) in [5, 5.41) is -0.980. The fourth-order valence-electron chi connectivity index (χ4n) is 2.10. The first kappa shape index (κ1) is 14.9. The summed E-state index contributed by atoms with van der Waals surface area (Å²) in [6.45, 7) is 2.07. The molecular weight excluding hydrogens is 285 g/mol. The average molecular weight is 299 g/mol. The highest BCUT2D eigenvalue weighted by atomic mass is 35.5. The smallest absolute Gasteiger partial charge is 0.134 e. The lowest BCUT2D eigenvalue weighted by Crippen LogP contribution is -2.02. The minimum atomic E-state index is -0.980. The molecule has 0 heterocycles. The maximum Gasteiger partial charge on any atom is 0.134 e. The van der Waals surface area contributed by atoms with Crippen LogP contribution in [0.2, 0.25) is 0 Å². The van der Waals surface area contributed by atoms with E-state index in [1.165, 1.54) is 0 Å². The lowest BCUT2D eigenvalue weighted by molar-refractivity contribution is 0.526. The Hall–Kier alpha value is -1.48. The normalized spacial score (nSPS) is 12.4. The molecule has 0 aromatic heterocycles. The Morgan fingerprint density at radius 3 is 2.05 bits per heavy atom. The third kappa shape index (κ3) is 3.15. The van der Waals surface area contributed by atoms with Crippen LogP contribution in [0.3, 0.4) is 0 Å². The van der Waals surface area contributed by atoms with Crippen LogP contribution in [0, 0.1) is 17.5 Å². The monoisotopic (exact) mass is 298 g/mol. The van der Waals surface area contributed by atoms with E-state index in [4.69, 9.17) is 11.6 Å². The minimum absolute atomic E-state index is 0.323. The summed E-state index contributed by atoms with van der Waals surface area (Å²) in [6.07, 6.45) is 1.96. The fraction of sp³-hybridized carbons (Fsp3) is 0.250. The Kier molecular flexibility index (Phi) is 4.71. The minimum Gasteiger partial charge on any atom is -0.207 e. The van der Waals surface area contributed by atoms with E-state index in [2.05, 4.69) is 6.92 Å². The molecule has 0 amide bonds. The number of alkyl halides is 1. The molecule has 0 bridgehead atoms. The largest absolute Gasteiger partial charge is 0.207 e. The maximum atomic E-state index is 13.7. The van der Waals surface area contributed by atoms with Gasteiger partial charge in [-0.2, -0.15) is 0 Å². The van der Waals surface area contributed by atoms with Gasteiger partial charge in [0, 0.05) is 17.7 Å². The van der Waals surface area contributed by atoms with Crippen molar-refractivity contribution in [3.63, 3.8) is 0 Å². The van der Waals surface area contributed by atoms with Gasteiger partial charge in [-0.05, 0) is 17.5 Å². The van der Waals surface area contributed by atoms with E-state index in [0.717, 1.165) is 18.4 Å². The molecule has 20 heavy (non-hydrogen) atoms. The molecule has 0 fully saturated rings. The highest BCUT2D eigenvalue weighted by Crippen LogP contribution is 2.33. The van der Waals surface area contributed by atoms with E-state index in [9.17, 15) is 13.2 Å². The summed E-state index contributed by atoms with van der Waals surface area (Å²) in [6, 6.07) is 8.52. The van der Waals surface area contributed by atoms with Gasteiger partial charge in [-0.25, -0.2) is 13.2 Å². The van der Waals surface area contributed by atoms with Gasteiger partial charge >= 0.3 is 0 Å². The number of halogens is 4. The third-order valence-corrected chi connectivity index (χ3v) is 3.58. The molecule has 0 N–H and O–H groups in total. The molecule has 0 saturated carbocycles. The van der Waals surface area contributed by atoms with Crippen LogP contribution >= 0.6 is 11.6 Å². The van der Waals surface area contributed by atoms with E-state index >= 15 is 0 Å². The average Bonchev–Trinajstić information content (AvgIpc) is 2.38. The van der Waals surface area contributed by atoms with Gasteiger partial charge in [-0.3, -0.25) is 0 Å². The topological polar surface area (TPSA) is 0 Å². The van der Waals surface area contributed by atoms with Gasteiger partial charge in [-0.15, -0.1) is 11.6 Å². The van der Waals surface area contributed by atoms with E-state index < -0.39 is 22.8 Å². The molecule has 1 atom stereocenters. The first-order chi connectivity index (χ1) is 9.52. The summed E-state index contributed by atoms with van der Waals surface area (Å²) < 4.78 is 40.3. The summed E-state index contributed by atoms with van der Waals surface area (Å²) in [5.41, 5.74) is 1.40. The summed E-state index contributed by atoms with van der Waals surface area (Å²) in [7, 11) is 0. The molecule has 0 spiro atoms. The van der Waals surface area contributed by atoms with E-state index in [0.29, 0.717) is 17.7 Å². The van der Waals surface area contributed by atoms with Crippen LogP contribution < -0.4 is 0 Å². The Morgan fingerprint density at radius 2 is 1.55 bits per heavy atom. The zero-order valence-corrected chi connectivity index (χ0v) is 11.7. The Bertz CT molecular complexity index is 570. The van der Waals surface area contributed by atoms with Crippen LogP contribution in [0.4, 0.5) is 13.2 Å². The molecule has 2 aromatic rings. The molecule has 0 radical (unpaired) electrons. The Morgan fingerprint density at radius 1 is 1.00 bits per heavy atom. The number of hydrogen-bond donors (Lipinski definition) is 0. The second-order valence-electron chi connectivity index (χ2n) is 4.64.